The van der Waals surface area contributed by atoms with Gasteiger partial charge >= 0.3 is 0 Å². The van der Waals surface area contributed by atoms with E-state index in [0.717, 1.165) is 40.4 Å². The lowest BCUT2D eigenvalue weighted by molar-refractivity contribution is -0.127. The molecular weight excluding hydrogens is 438 g/mol. The first-order valence-corrected chi connectivity index (χ1v) is 11.9. The molecule has 2 amide bonds. The molecule has 5 rings (SSSR count). The van der Waals surface area contributed by atoms with Crippen molar-refractivity contribution in [1.29, 1.82) is 0 Å². The number of amides is 2. The molecule has 35 heavy (non-hydrogen) atoms. The van der Waals surface area contributed by atoms with Gasteiger partial charge in [0.25, 0.3) is 5.91 Å². The molecule has 0 spiro atoms. The van der Waals surface area contributed by atoms with Crippen LogP contribution < -0.4 is 16.2 Å². The molecule has 1 aliphatic heterocycles. The molecule has 2 aliphatic rings. The average Bonchev–Trinajstić information content (AvgIpc) is 2.87. The molecule has 6 nitrogen and oxygen atoms in total. The molecule has 1 unspecified atom stereocenters. The van der Waals surface area contributed by atoms with Crippen LogP contribution in [0, 0.1) is 0 Å². The maximum Gasteiger partial charge on any atom is 0.268 e. The smallest absolute Gasteiger partial charge is 0.268 e. The van der Waals surface area contributed by atoms with Gasteiger partial charge in [0.1, 0.15) is 0 Å². The van der Waals surface area contributed by atoms with E-state index in [2.05, 4.69) is 16.2 Å². The van der Waals surface area contributed by atoms with E-state index in [1.807, 2.05) is 79.7 Å². The number of ketones is 1. The summed E-state index contributed by atoms with van der Waals surface area (Å²) in [6, 6.07) is 23.3. The van der Waals surface area contributed by atoms with Crippen molar-refractivity contribution in [2.24, 2.45) is 0 Å². The molecule has 0 fully saturated rings. The lowest BCUT2D eigenvalue weighted by atomic mass is 9.74. The summed E-state index contributed by atoms with van der Waals surface area (Å²) in [6.07, 6.45) is 2.17. The molecular formula is C29H27N3O3. The predicted molar refractivity (Wildman–Crippen MR) is 135 cm³/mol. The Morgan fingerprint density at radius 1 is 0.914 bits per heavy atom. The van der Waals surface area contributed by atoms with Crippen molar-refractivity contribution in [2.75, 3.05) is 0 Å². The SMILES string of the molecule is CC1=C(C(=O)NNC(=O)Cc2ccccc2)C(c2cccc3ccccc23)C2=C(CCCC2=O)N1. The van der Waals surface area contributed by atoms with Crippen LogP contribution in [0.2, 0.25) is 0 Å². The number of allylic oxidation sites excluding steroid dienone is 3. The molecule has 0 saturated heterocycles. The van der Waals surface area contributed by atoms with Gasteiger partial charge < -0.3 is 5.32 Å². The van der Waals surface area contributed by atoms with Crippen molar-refractivity contribution in [3.05, 3.63) is 106 Å². The normalized spacial score (nSPS) is 17.6. The Morgan fingerprint density at radius 2 is 1.66 bits per heavy atom. The molecule has 1 atom stereocenters. The van der Waals surface area contributed by atoms with Crippen LogP contribution in [-0.2, 0) is 20.8 Å². The summed E-state index contributed by atoms with van der Waals surface area (Å²) in [5.74, 6) is -1.21. The molecule has 3 aromatic carbocycles. The number of nitrogens with one attached hydrogen (secondary N) is 3. The summed E-state index contributed by atoms with van der Waals surface area (Å²) >= 11 is 0. The molecule has 0 bridgehead atoms. The van der Waals surface area contributed by atoms with Gasteiger partial charge in [-0.3, -0.25) is 25.2 Å². The summed E-state index contributed by atoms with van der Waals surface area (Å²) in [4.78, 5) is 39.1. The Balaban J connectivity index is 1.49. The van der Waals surface area contributed by atoms with Crippen LogP contribution in [0.4, 0.5) is 0 Å². The van der Waals surface area contributed by atoms with Gasteiger partial charge in [-0.1, -0.05) is 72.8 Å². The molecule has 1 aliphatic carbocycles. The molecule has 0 saturated carbocycles. The Labute approximate surface area is 204 Å². The zero-order valence-corrected chi connectivity index (χ0v) is 19.6. The Kier molecular flexibility index (Phi) is 6.19. The number of hydrogen-bond donors (Lipinski definition) is 3. The number of benzene rings is 3. The maximum absolute atomic E-state index is 13.5. The fourth-order valence-electron chi connectivity index (χ4n) is 5.12. The van der Waals surface area contributed by atoms with Crippen LogP contribution in [0.3, 0.4) is 0 Å². The third kappa shape index (κ3) is 4.47. The summed E-state index contributed by atoms with van der Waals surface area (Å²) in [5, 5.41) is 5.36. The minimum Gasteiger partial charge on any atom is -0.362 e. The lowest BCUT2D eigenvalue weighted by Crippen LogP contribution is -2.46. The second kappa shape index (κ2) is 9.58. The zero-order valence-electron chi connectivity index (χ0n) is 19.6. The van der Waals surface area contributed by atoms with Crippen molar-refractivity contribution >= 4 is 28.4 Å². The number of fused-ring (bicyclic) bond motifs is 1. The van der Waals surface area contributed by atoms with Crippen LogP contribution in [0.5, 0.6) is 0 Å². The average molecular weight is 466 g/mol. The van der Waals surface area contributed by atoms with E-state index < -0.39 is 11.8 Å². The van der Waals surface area contributed by atoms with E-state index in [1.165, 1.54) is 0 Å². The highest BCUT2D eigenvalue weighted by Gasteiger charge is 2.39. The summed E-state index contributed by atoms with van der Waals surface area (Å²) < 4.78 is 0. The van der Waals surface area contributed by atoms with Gasteiger partial charge in [-0.15, -0.1) is 0 Å². The van der Waals surface area contributed by atoms with Gasteiger partial charge in [0, 0.05) is 34.9 Å². The monoisotopic (exact) mass is 465 g/mol. The third-order valence-corrected chi connectivity index (χ3v) is 6.68. The molecule has 0 aromatic heterocycles. The largest absolute Gasteiger partial charge is 0.362 e. The van der Waals surface area contributed by atoms with Crippen molar-refractivity contribution < 1.29 is 14.4 Å². The van der Waals surface area contributed by atoms with Crippen LogP contribution in [-0.4, -0.2) is 17.6 Å². The summed E-state index contributed by atoms with van der Waals surface area (Å²) in [5.41, 5.74) is 9.56. The van der Waals surface area contributed by atoms with Crippen molar-refractivity contribution in [3.63, 3.8) is 0 Å². The highest BCUT2D eigenvalue weighted by atomic mass is 16.2. The number of Topliss-reactive ketones (excluding diaryl/α,β-unsaturated/α-hetero) is 1. The lowest BCUT2D eigenvalue weighted by Gasteiger charge is -2.35. The van der Waals surface area contributed by atoms with E-state index in [-0.39, 0.29) is 18.1 Å². The van der Waals surface area contributed by atoms with Gasteiger partial charge in [-0.25, -0.2) is 0 Å². The first-order chi connectivity index (χ1) is 17.0. The van der Waals surface area contributed by atoms with Gasteiger partial charge in [-0.05, 0) is 41.7 Å². The quantitative estimate of drug-likeness (QED) is 0.504. The number of rotatable bonds is 4. The minimum absolute atomic E-state index is 0.0580. The Morgan fingerprint density at radius 3 is 2.49 bits per heavy atom. The van der Waals surface area contributed by atoms with Crippen molar-refractivity contribution in [3.8, 4) is 0 Å². The van der Waals surface area contributed by atoms with Crippen molar-refractivity contribution in [1.82, 2.24) is 16.2 Å². The number of carbonyl (C=O) groups is 3. The number of hydrazine groups is 1. The fraction of sp³-hybridized carbons (Fsp3) is 0.207. The van der Waals surface area contributed by atoms with Crippen LogP contribution in [0.15, 0.2) is 95.3 Å². The molecule has 0 radical (unpaired) electrons. The van der Waals surface area contributed by atoms with E-state index in [9.17, 15) is 14.4 Å². The van der Waals surface area contributed by atoms with Crippen LogP contribution in [0.1, 0.15) is 43.2 Å². The van der Waals surface area contributed by atoms with E-state index in [1.54, 1.807) is 0 Å². The Hall–Kier alpha value is -4.19. The van der Waals surface area contributed by atoms with E-state index >= 15 is 0 Å². The highest BCUT2D eigenvalue weighted by molar-refractivity contribution is 6.06. The number of dihydropyridines is 1. The summed E-state index contributed by atoms with van der Waals surface area (Å²) in [6.45, 7) is 1.85. The molecule has 3 aromatic rings. The number of hydrogen-bond acceptors (Lipinski definition) is 4. The van der Waals surface area contributed by atoms with Gasteiger partial charge in [0.05, 0.1) is 6.42 Å². The first kappa shape index (κ1) is 22.6. The topological polar surface area (TPSA) is 87.3 Å². The molecule has 176 valence electrons. The standard InChI is InChI=1S/C29H27N3O3/c1-18-26(29(35)32-31-25(34)17-19-9-3-2-4-10-19)27(28-23(30-18)15-8-16-24(28)33)22-14-7-12-20-11-5-6-13-21(20)22/h2-7,9-14,27,30H,8,15-17H2,1H3,(H,31,34)(H,32,35). The predicted octanol–water partition coefficient (Wildman–Crippen LogP) is 4.20. The van der Waals surface area contributed by atoms with E-state index in [4.69, 9.17) is 0 Å². The van der Waals surface area contributed by atoms with Crippen LogP contribution >= 0.6 is 0 Å². The Bertz CT molecular complexity index is 1380. The molecule has 1 heterocycles. The minimum atomic E-state index is -0.517. The highest BCUT2D eigenvalue weighted by Crippen LogP contribution is 2.44. The van der Waals surface area contributed by atoms with Crippen LogP contribution in [0.25, 0.3) is 10.8 Å². The third-order valence-electron chi connectivity index (χ3n) is 6.68. The van der Waals surface area contributed by atoms with Crippen molar-refractivity contribution in [2.45, 2.75) is 38.5 Å². The van der Waals surface area contributed by atoms with E-state index in [0.29, 0.717) is 23.3 Å². The van der Waals surface area contributed by atoms with Gasteiger partial charge in [-0.2, -0.15) is 0 Å². The van der Waals surface area contributed by atoms with Gasteiger partial charge in [0.15, 0.2) is 5.78 Å². The van der Waals surface area contributed by atoms with Gasteiger partial charge in [0.2, 0.25) is 5.91 Å². The zero-order chi connectivity index (χ0) is 24.4. The second-order valence-electron chi connectivity index (χ2n) is 9.00. The number of carbonyl (C=O) groups excluding carboxylic acids is 3. The first-order valence-electron chi connectivity index (χ1n) is 11.9. The summed E-state index contributed by atoms with van der Waals surface area (Å²) in [7, 11) is 0. The molecule has 3 N–H and O–H groups in total. The second-order valence-corrected chi connectivity index (χ2v) is 9.00. The maximum atomic E-state index is 13.5. The molecule has 6 heteroatoms. The fourth-order valence-corrected chi connectivity index (χ4v) is 5.12.